The van der Waals surface area contributed by atoms with E-state index in [-0.39, 0.29) is 17.6 Å². The molecule has 3 aromatic carbocycles. The number of likely N-dealkylation sites (tertiary alicyclic amines) is 1. The van der Waals surface area contributed by atoms with E-state index in [2.05, 4.69) is 5.32 Å². The molecular formula is C32H35FN2O3. The number of rotatable bonds is 10. The van der Waals surface area contributed by atoms with Crippen molar-refractivity contribution in [2.75, 3.05) is 13.1 Å². The smallest absolute Gasteiger partial charge is 0.251 e. The van der Waals surface area contributed by atoms with E-state index in [0.717, 1.165) is 57.4 Å². The number of ether oxygens (including phenoxy) is 1. The number of halogens is 1. The van der Waals surface area contributed by atoms with E-state index in [9.17, 15) is 14.0 Å². The van der Waals surface area contributed by atoms with E-state index in [1.807, 2.05) is 47.4 Å². The Bertz CT molecular complexity index is 1210. The first-order valence-corrected chi connectivity index (χ1v) is 13.7. The van der Waals surface area contributed by atoms with E-state index in [4.69, 9.17) is 4.74 Å². The molecule has 0 unspecified atom stereocenters. The Hall–Kier alpha value is -3.67. The second-order valence-corrected chi connectivity index (χ2v) is 10.4. The third-order valence-corrected chi connectivity index (χ3v) is 7.66. The zero-order valence-electron chi connectivity index (χ0n) is 21.7. The Morgan fingerprint density at radius 1 is 0.895 bits per heavy atom. The van der Waals surface area contributed by atoms with Gasteiger partial charge in [0.2, 0.25) is 5.91 Å². The fourth-order valence-electron chi connectivity index (χ4n) is 5.40. The highest BCUT2D eigenvalue weighted by molar-refractivity contribution is 5.97. The molecule has 5 rings (SSSR count). The molecular weight excluding hydrogens is 479 g/mol. The fourth-order valence-corrected chi connectivity index (χ4v) is 5.40. The number of carbonyl (C=O) groups is 2. The second-order valence-electron chi connectivity index (χ2n) is 10.4. The van der Waals surface area contributed by atoms with E-state index < -0.39 is 6.04 Å². The molecule has 198 valence electrons. The van der Waals surface area contributed by atoms with Crippen LogP contribution in [-0.2, 0) is 4.79 Å². The van der Waals surface area contributed by atoms with Crippen molar-refractivity contribution in [3.05, 3.63) is 95.8 Å². The number of benzene rings is 3. The lowest BCUT2D eigenvalue weighted by Crippen LogP contribution is -2.50. The first kappa shape index (κ1) is 26.0. The number of para-hydroxylation sites is 1. The van der Waals surface area contributed by atoms with Gasteiger partial charge in [-0.1, -0.05) is 36.8 Å². The van der Waals surface area contributed by atoms with Crippen LogP contribution in [0.5, 0.6) is 11.5 Å². The molecule has 1 N–H and O–H groups in total. The van der Waals surface area contributed by atoms with Crippen molar-refractivity contribution in [1.82, 2.24) is 10.2 Å². The average Bonchev–Trinajstić information content (AvgIpc) is 3.73. The van der Waals surface area contributed by atoms with Crippen molar-refractivity contribution in [2.24, 2.45) is 5.92 Å². The highest BCUT2D eigenvalue weighted by Gasteiger charge is 2.38. The standard InChI is InChI=1S/C32H35FN2O3/c33-26-16-12-23(13-17-26)29-22-25(29)8-7-11-30(32(37)35-20-5-2-6-21-35)34-31(36)24-14-18-28(19-15-24)38-27-9-3-1-4-10-27/h1,3-4,9-10,12-19,25,29-30H,2,5-8,11,20-22H2,(H,34,36)/t25-,29+,30+/m1/s1. The van der Waals surface area contributed by atoms with Crippen LogP contribution >= 0.6 is 0 Å². The number of nitrogens with one attached hydrogen (secondary N) is 1. The van der Waals surface area contributed by atoms with Gasteiger partial charge in [0.05, 0.1) is 0 Å². The third-order valence-electron chi connectivity index (χ3n) is 7.66. The molecule has 1 aliphatic heterocycles. The van der Waals surface area contributed by atoms with E-state index in [1.54, 1.807) is 24.3 Å². The second kappa shape index (κ2) is 12.2. The summed E-state index contributed by atoms with van der Waals surface area (Å²) in [6.45, 7) is 1.51. The summed E-state index contributed by atoms with van der Waals surface area (Å²) < 4.78 is 19.1. The summed E-state index contributed by atoms with van der Waals surface area (Å²) in [5.74, 6) is 1.97. The SMILES string of the molecule is O=C(N[C@@H](CCC[C@@H]1C[C@H]1c1ccc(F)cc1)C(=O)N1CCCCC1)c1ccc(Oc2ccccc2)cc1. The number of piperidine rings is 1. The lowest BCUT2D eigenvalue weighted by molar-refractivity contribution is -0.134. The van der Waals surface area contributed by atoms with Gasteiger partial charge in [0.1, 0.15) is 23.4 Å². The summed E-state index contributed by atoms with van der Waals surface area (Å²) in [5.41, 5.74) is 1.69. The molecule has 0 radical (unpaired) electrons. The van der Waals surface area contributed by atoms with Crippen LogP contribution in [0.2, 0.25) is 0 Å². The summed E-state index contributed by atoms with van der Waals surface area (Å²) in [6, 6.07) is 22.7. The molecule has 1 heterocycles. The van der Waals surface area contributed by atoms with Crippen LogP contribution in [-0.4, -0.2) is 35.8 Å². The molecule has 1 aliphatic carbocycles. The predicted octanol–water partition coefficient (Wildman–Crippen LogP) is 6.70. The quantitative estimate of drug-likeness (QED) is 0.327. The third kappa shape index (κ3) is 6.80. The number of amides is 2. The molecule has 0 aromatic heterocycles. The fraction of sp³-hybridized carbons (Fsp3) is 0.375. The number of hydrogen-bond donors (Lipinski definition) is 1. The lowest BCUT2D eigenvalue weighted by atomic mass is 10.0. The molecule has 3 atom stereocenters. The van der Waals surface area contributed by atoms with Crippen molar-refractivity contribution < 1.29 is 18.7 Å². The van der Waals surface area contributed by atoms with Gasteiger partial charge in [-0.25, -0.2) is 4.39 Å². The molecule has 38 heavy (non-hydrogen) atoms. The van der Waals surface area contributed by atoms with Gasteiger partial charge in [-0.3, -0.25) is 9.59 Å². The van der Waals surface area contributed by atoms with Gasteiger partial charge in [0.25, 0.3) is 5.91 Å². The van der Waals surface area contributed by atoms with Crippen molar-refractivity contribution in [2.45, 2.75) is 56.9 Å². The number of carbonyl (C=O) groups excluding carboxylic acids is 2. The highest BCUT2D eigenvalue weighted by atomic mass is 19.1. The molecule has 0 spiro atoms. The summed E-state index contributed by atoms with van der Waals surface area (Å²) in [4.78, 5) is 28.4. The molecule has 1 saturated carbocycles. The van der Waals surface area contributed by atoms with Crippen LogP contribution < -0.4 is 10.1 Å². The monoisotopic (exact) mass is 514 g/mol. The maximum Gasteiger partial charge on any atom is 0.251 e. The minimum absolute atomic E-state index is 0.0213. The van der Waals surface area contributed by atoms with Gasteiger partial charge >= 0.3 is 0 Å². The van der Waals surface area contributed by atoms with Crippen LogP contribution in [0.4, 0.5) is 4.39 Å². The first-order chi connectivity index (χ1) is 18.6. The summed E-state index contributed by atoms with van der Waals surface area (Å²) in [6.07, 6.45) is 6.73. The van der Waals surface area contributed by atoms with Gasteiger partial charge in [0.15, 0.2) is 0 Å². The largest absolute Gasteiger partial charge is 0.457 e. The van der Waals surface area contributed by atoms with Crippen molar-refractivity contribution >= 4 is 11.8 Å². The van der Waals surface area contributed by atoms with Crippen molar-refractivity contribution in [1.29, 1.82) is 0 Å². The number of hydrogen-bond acceptors (Lipinski definition) is 3. The van der Waals surface area contributed by atoms with Gasteiger partial charge in [-0.2, -0.15) is 0 Å². The molecule has 3 aromatic rings. The van der Waals surface area contributed by atoms with E-state index >= 15 is 0 Å². The highest BCUT2D eigenvalue weighted by Crippen LogP contribution is 2.50. The molecule has 2 aliphatic rings. The Morgan fingerprint density at radius 3 is 2.29 bits per heavy atom. The Kier molecular flexibility index (Phi) is 8.37. The Labute approximate surface area is 224 Å². The van der Waals surface area contributed by atoms with Gasteiger partial charge in [-0.15, -0.1) is 0 Å². The van der Waals surface area contributed by atoms with Crippen LogP contribution in [0.15, 0.2) is 78.9 Å². The molecule has 1 saturated heterocycles. The van der Waals surface area contributed by atoms with Gasteiger partial charge in [-0.05, 0) is 104 Å². The molecule has 2 fully saturated rings. The lowest BCUT2D eigenvalue weighted by Gasteiger charge is -2.31. The molecule has 0 bridgehead atoms. The Balaban J connectivity index is 1.18. The zero-order valence-corrected chi connectivity index (χ0v) is 21.7. The van der Waals surface area contributed by atoms with Gasteiger partial charge in [0, 0.05) is 18.7 Å². The minimum Gasteiger partial charge on any atom is -0.457 e. The summed E-state index contributed by atoms with van der Waals surface area (Å²) in [5, 5.41) is 3.03. The first-order valence-electron chi connectivity index (χ1n) is 13.7. The zero-order chi connectivity index (χ0) is 26.3. The van der Waals surface area contributed by atoms with Crippen LogP contribution in [0.1, 0.15) is 66.8 Å². The molecule has 2 amide bonds. The average molecular weight is 515 g/mol. The van der Waals surface area contributed by atoms with Gasteiger partial charge < -0.3 is 15.0 Å². The van der Waals surface area contributed by atoms with Crippen LogP contribution in [0, 0.1) is 11.7 Å². The summed E-state index contributed by atoms with van der Waals surface area (Å²) >= 11 is 0. The van der Waals surface area contributed by atoms with Crippen LogP contribution in [0.3, 0.4) is 0 Å². The summed E-state index contributed by atoms with van der Waals surface area (Å²) in [7, 11) is 0. The van der Waals surface area contributed by atoms with Crippen molar-refractivity contribution in [3.8, 4) is 11.5 Å². The van der Waals surface area contributed by atoms with Crippen LogP contribution in [0.25, 0.3) is 0 Å². The maximum absolute atomic E-state index is 13.4. The predicted molar refractivity (Wildman–Crippen MR) is 146 cm³/mol. The normalized spacial score (nSPS) is 19.4. The molecule has 6 heteroatoms. The topological polar surface area (TPSA) is 58.6 Å². The Morgan fingerprint density at radius 2 is 1.58 bits per heavy atom. The van der Waals surface area contributed by atoms with E-state index in [0.29, 0.717) is 29.6 Å². The van der Waals surface area contributed by atoms with E-state index in [1.165, 1.54) is 17.7 Å². The minimum atomic E-state index is -0.538. The molecule has 5 nitrogen and oxygen atoms in total. The van der Waals surface area contributed by atoms with Crippen molar-refractivity contribution in [3.63, 3.8) is 0 Å². The maximum atomic E-state index is 13.4. The number of nitrogens with zero attached hydrogens (tertiary/aromatic N) is 1.